The number of benzene rings is 20. The topological polar surface area (TPSA) is 80.3 Å². The molecule has 24 rings (SSSR count). The molecule has 0 bridgehead atoms. The van der Waals surface area contributed by atoms with Crippen molar-refractivity contribution in [3.8, 4) is 73.3 Å². The Bertz CT molecular complexity index is 7960. The van der Waals surface area contributed by atoms with E-state index in [9.17, 15) is 0 Å². The summed E-state index contributed by atoms with van der Waals surface area (Å²) in [6, 6.07) is 134. The molecule has 0 N–H and O–H groups in total. The summed E-state index contributed by atoms with van der Waals surface area (Å²) in [5.41, 5.74) is 16.4. The zero-order valence-electron chi connectivity index (χ0n) is 76.9. The van der Waals surface area contributed by atoms with Crippen LogP contribution in [0.5, 0.6) is 28.7 Å². The van der Waals surface area contributed by atoms with Gasteiger partial charge in [-0.3, -0.25) is 0 Å². The second kappa shape index (κ2) is 34.4. The lowest BCUT2D eigenvalue weighted by molar-refractivity contribution is 0.00578. The molecule has 0 saturated carbocycles. The quantitative estimate of drug-likeness (QED) is 0.0822. The lowest BCUT2D eigenvalue weighted by atomic mass is 9.78. The molecule has 2 saturated heterocycles. The van der Waals surface area contributed by atoms with Crippen LogP contribution in [0.1, 0.15) is 61.0 Å². The van der Waals surface area contributed by atoms with E-state index in [-0.39, 0.29) is 0 Å². The number of anilines is 5. The Morgan fingerprint density at radius 2 is 0.578 bits per heavy atom. The van der Waals surface area contributed by atoms with Crippen LogP contribution in [0.3, 0.4) is 0 Å². The van der Waals surface area contributed by atoms with Crippen molar-refractivity contribution in [3.05, 3.63) is 416 Å². The molecular formula is C122H97B2BrN2O8. The highest BCUT2D eigenvalue weighted by atomic mass is 79.9. The zero-order chi connectivity index (χ0) is 92.2. The average molecular weight is 1820 g/mol. The van der Waals surface area contributed by atoms with Crippen molar-refractivity contribution in [2.45, 2.75) is 77.8 Å². The van der Waals surface area contributed by atoms with E-state index >= 15 is 0 Å². The van der Waals surface area contributed by atoms with Gasteiger partial charge in [-0.15, -0.1) is 0 Å². The Kier molecular flexibility index (Phi) is 21.8. The second-order valence-electron chi connectivity index (χ2n) is 37.1. The molecule has 0 unspecified atom stereocenters. The van der Waals surface area contributed by atoms with Gasteiger partial charge in [0.1, 0.15) is 11.5 Å². The fraction of sp³-hybridized carbons (Fsp3) is 0.115. The maximum absolute atomic E-state index is 7.19. The molecule has 4 aliphatic rings. The Labute approximate surface area is 795 Å². The highest BCUT2D eigenvalue weighted by Crippen LogP contribution is 2.54. The van der Waals surface area contributed by atoms with E-state index < -0.39 is 36.6 Å². The minimum Gasteiger partial charge on any atom is -0.497 e. The standard InChI is InChI=1S/C67H45NO2.C31H37B2NO6.C24H15Br/c1-3-61-63(39-37-54-52-20-8-10-22-55(52)65(56-23-11-9-21-53(54)56)47-30-28-43-16-4-6-18-45(43)40-47)70-64-42-49(32-38-62(64)68(61)50-33-35-51(69-2)36-34-50)67-59-26-14-12-24-57(59)66(58-25-13-15-27-60(58)67)48-31-29-44-17-5-7-19-46(44)41-48;1-28(2)29(3,4)38-32(37-28)20-10-16-24-26(18-20)36-27-19-21(33-39-30(5,6)31(7,8)40-33)11-17-25(27)34(24)22-12-14-23(35-9)15-13-22;25-24-21-11-5-3-9-19(21)23(20-10-4-6-12-22(20)24)18-14-13-16-7-1-2-8-17(16)15-18/h3-42H,1H2,2H3;10-19H,1-9H3;1-15H/b39-37+;;. The molecular weight excluding hydrogens is 1720 g/mol. The number of hydrogen-bond donors (Lipinski definition) is 0. The second-order valence-corrected chi connectivity index (χ2v) is 37.9. The van der Waals surface area contributed by atoms with Crippen LogP contribution >= 0.6 is 15.9 Å². The number of halogens is 1. The molecule has 13 heteroatoms. The maximum atomic E-state index is 7.19. The zero-order valence-corrected chi connectivity index (χ0v) is 78.5. The van der Waals surface area contributed by atoms with Crippen LogP contribution in [0.15, 0.2) is 411 Å². The van der Waals surface area contributed by atoms with Crippen molar-refractivity contribution in [2.24, 2.45) is 0 Å². The van der Waals surface area contributed by atoms with Crippen molar-refractivity contribution in [1.29, 1.82) is 0 Å². The van der Waals surface area contributed by atoms with Gasteiger partial charge in [0.15, 0.2) is 23.0 Å². The molecule has 4 heterocycles. The molecule has 0 amide bonds. The molecule has 0 spiro atoms. The summed E-state index contributed by atoms with van der Waals surface area (Å²) in [6.07, 6.45) is 6.24. The van der Waals surface area contributed by atoms with Crippen LogP contribution in [-0.4, -0.2) is 50.9 Å². The SMILES string of the molecule is Brc1c2ccccc2c(-c2ccc3ccccc3c2)c2ccccc12.C=CC1=C(/C=C/c2c3ccccc3c(-c3ccc4ccccc4c3)c3ccccc23)Oc2cc(-c3c4ccccc4c(-c4ccc5ccccc5c4)c4ccccc34)ccc2N1c1ccc(OC)cc1.COc1ccc(N2c3ccc(B4OC(C)(C)C(C)(C)O4)cc3Oc3cc(B4OC(C)(C)C(C)(C)O4)ccc32)cc1. The number of nitrogens with zero attached hydrogens (tertiary/aromatic N) is 2. The Morgan fingerprint density at radius 1 is 0.289 bits per heavy atom. The number of ether oxygens (including phenoxy) is 4. The third-order valence-corrected chi connectivity index (χ3v) is 28.9. The van der Waals surface area contributed by atoms with E-state index in [1.165, 1.54) is 124 Å². The molecule has 4 aliphatic heterocycles. The normalized spacial score (nSPS) is 15.1. The molecule has 2 fully saturated rings. The number of allylic oxidation sites excluding steroid dienone is 2. The summed E-state index contributed by atoms with van der Waals surface area (Å²) < 4.78 is 51.3. The summed E-state index contributed by atoms with van der Waals surface area (Å²) in [7, 11) is 2.38. The van der Waals surface area contributed by atoms with Gasteiger partial charge in [0, 0.05) is 15.8 Å². The molecule has 0 radical (unpaired) electrons. The fourth-order valence-corrected chi connectivity index (χ4v) is 20.4. The Hall–Kier alpha value is -14.8. The lowest BCUT2D eigenvalue weighted by Crippen LogP contribution is -2.41. The molecule has 0 atom stereocenters. The number of hydrogen-bond acceptors (Lipinski definition) is 10. The van der Waals surface area contributed by atoms with Crippen molar-refractivity contribution < 1.29 is 37.6 Å². The van der Waals surface area contributed by atoms with Gasteiger partial charge in [0.25, 0.3) is 0 Å². The van der Waals surface area contributed by atoms with E-state index in [0.717, 1.165) is 89.8 Å². The van der Waals surface area contributed by atoms with Crippen LogP contribution in [-0.2, 0) is 18.6 Å². The van der Waals surface area contributed by atoms with Crippen LogP contribution in [0.2, 0.25) is 0 Å². The predicted molar refractivity (Wildman–Crippen MR) is 568 cm³/mol. The highest BCUT2D eigenvalue weighted by molar-refractivity contribution is 9.10. The summed E-state index contributed by atoms with van der Waals surface area (Å²) in [5, 5.41) is 22.0. The van der Waals surface area contributed by atoms with Crippen LogP contribution in [0, 0.1) is 0 Å². The minimum atomic E-state index is -0.495. The monoisotopic (exact) mass is 1820 g/mol. The van der Waals surface area contributed by atoms with Crippen LogP contribution in [0.25, 0.3) is 148 Å². The van der Waals surface area contributed by atoms with Crippen LogP contribution < -0.4 is 39.7 Å². The van der Waals surface area contributed by atoms with Crippen molar-refractivity contribution in [2.75, 3.05) is 24.0 Å². The molecule has 10 nitrogen and oxygen atoms in total. The van der Waals surface area contributed by atoms with Gasteiger partial charge < -0.3 is 47.4 Å². The van der Waals surface area contributed by atoms with Crippen molar-refractivity contribution in [3.63, 3.8) is 0 Å². The van der Waals surface area contributed by atoms with E-state index in [2.05, 4.69) is 415 Å². The van der Waals surface area contributed by atoms with Gasteiger partial charge in [0.05, 0.1) is 59.4 Å². The maximum Gasteiger partial charge on any atom is 0.494 e. The minimum absolute atomic E-state index is 0.437. The van der Waals surface area contributed by atoms with E-state index in [4.69, 9.17) is 37.6 Å². The highest BCUT2D eigenvalue weighted by Gasteiger charge is 2.54. The lowest BCUT2D eigenvalue weighted by Gasteiger charge is -2.33. The van der Waals surface area contributed by atoms with Gasteiger partial charge in [0.2, 0.25) is 0 Å². The predicted octanol–water partition coefficient (Wildman–Crippen LogP) is 31.7. The molecule has 20 aromatic rings. The summed E-state index contributed by atoms with van der Waals surface area (Å²) >= 11 is 3.83. The fourth-order valence-electron chi connectivity index (χ4n) is 19.8. The van der Waals surface area contributed by atoms with Crippen LogP contribution in [0.4, 0.5) is 28.4 Å². The Balaban J connectivity index is 0.000000136. The smallest absolute Gasteiger partial charge is 0.494 e. The number of rotatable bonds is 13. The average Bonchev–Trinajstić information content (AvgIpc) is 1.51. The largest absolute Gasteiger partial charge is 0.497 e. The molecule has 135 heavy (non-hydrogen) atoms. The van der Waals surface area contributed by atoms with E-state index in [0.29, 0.717) is 17.3 Å². The first-order valence-electron chi connectivity index (χ1n) is 46.0. The first-order valence-corrected chi connectivity index (χ1v) is 46.8. The van der Waals surface area contributed by atoms with Crippen molar-refractivity contribution in [1.82, 2.24) is 0 Å². The first kappa shape index (κ1) is 85.7. The third-order valence-electron chi connectivity index (χ3n) is 28.1. The molecule has 0 aromatic heterocycles. The molecule has 0 aliphatic carbocycles. The molecule has 20 aromatic carbocycles. The van der Waals surface area contributed by atoms with Gasteiger partial charge in [-0.25, -0.2) is 0 Å². The summed E-state index contributed by atoms with van der Waals surface area (Å²) in [6.45, 7) is 20.8. The number of methoxy groups -OCH3 is 2. The van der Waals surface area contributed by atoms with Crippen molar-refractivity contribution >= 4 is 173 Å². The van der Waals surface area contributed by atoms with Gasteiger partial charge in [-0.2, -0.15) is 0 Å². The van der Waals surface area contributed by atoms with Gasteiger partial charge in [-0.05, 0) is 351 Å². The summed E-state index contributed by atoms with van der Waals surface area (Å²) in [4.78, 5) is 4.43. The van der Waals surface area contributed by atoms with Gasteiger partial charge >= 0.3 is 14.2 Å². The Morgan fingerprint density at radius 3 is 0.941 bits per heavy atom. The van der Waals surface area contributed by atoms with E-state index in [1.807, 2.05) is 66.7 Å². The molecule has 656 valence electrons. The van der Waals surface area contributed by atoms with Gasteiger partial charge in [-0.1, -0.05) is 280 Å². The third kappa shape index (κ3) is 15.3. The first-order chi connectivity index (χ1) is 65.7. The summed E-state index contributed by atoms with van der Waals surface area (Å²) in [5.74, 6) is 4.43. The van der Waals surface area contributed by atoms with E-state index in [1.54, 1.807) is 14.2 Å². The number of fused-ring (bicyclic) bond motifs is 12.